The van der Waals surface area contributed by atoms with E-state index >= 15 is 0 Å². The maximum atomic E-state index is 14.3. The van der Waals surface area contributed by atoms with Crippen LogP contribution in [0.1, 0.15) is 66.4 Å². The minimum Gasteiger partial charge on any atom is -0.380 e. The highest BCUT2D eigenvalue weighted by molar-refractivity contribution is 7.99. The van der Waals surface area contributed by atoms with E-state index in [4.69, 9.17) is 11.6 Å². The van der Waals surface area contributed by atoms with Crippen LogP contribution in [0.15, 0.2) is 148 Å². The molecule has 3 aliphatic rings. The Balaban J connectivity index is 0.927. The van der Waals surface area contributed by atoms with Crippen molar-refractivity contribution in [3.8, 4) is 0 Å². The van der Waals surface area contributed by atoms with Crippen molar-refractivity contribution in [2.45, 2.75) is 83.1 Å². The van der Waals surface area contributed by atoms with Crippen molar-refractivity contribution in [2.75, 3.05) is 55.2 Å². The van der Waals surface area contributed by atoms with Crippen molar-refractivity contribution in [1.82, 2.24) is 14.9 Å². The molecule has 1 aliphatic heterocycles. The first-order chi connectivity index (χ1) is 32.6. The number of benzene rings is 5. The number of carbonyl (C=O) groups excluding carboxylic acids is 1. The Hall–Kier alpha value is -4.84. The van der Waals surface area contributed by atoms with E-state index in [1.165, 1.54) is 59.0 Å². The van der Waals surface area contributed by atoms with Gasteiger partial charge in [-0.25, -0.2) is 21.6 Å². The number of halogens is 4. The monoisotopic (exact) mass is 1010 g/mol. The third-order valence-electron chi connectivity index (χ3n) is 12.9. The zero-order chi connectivity index (χ0) is 47.9. The predicted molar refractivity (Wildman–Crippen MR) is 266 cm³/mol. The van der Waals surface area contributed by atoms with Crippen molar-refractivity contribution >= 4 is 66.1 Å². The Morgan fingerprint density at radius 2 is 1.46 bits per heavy atom. The molecule has 1 heterocycles. The maximum absolute atomic E-state index is 14.3. The van der Waals surface area contributed by atoms with Gasteiger partial charge in [-0.1, -0.05) is 77.8 Å². The number of piperazine rings is 1. The van der Waals surface area contributed by atoms with Gasteiger partial charge in [0.1, 0.15) is 4.90 Å². The highest BCUT2D eigenvalue weighted by Crippen LogP contribution is 2.40. The normalized spacial score (nSPS) is 17.1. The minimum absolute atomic E-state index is 0.000428. The first-order valence-corrected chi connectivity index (χ1v) is 27.2. The molecule has 2 aliphatic carbocycles. The van der Waals surface area contributed by atoms with E-state index in [1.807, 2.05) is 65.4 Å². The van der Waals surface area contributed by atoms with E-state index in [1.54, 1.807) is 12.1 Å². The summed E-state index contributed by atoms with van der Waals surface area (Å²) in [4.78, 5) is 16.9. The standard InChI is InChI=1S/C51H55ClF3N5O5S3/c52-41-19-15-38(16-20-41)46-14-8-7-11-40(46)35-59-29-31-60(32-30-59)43-21-17-39(18-22-43)49(61)58-68(64,65)45-23-24-47(48(33-45)67(62,63)51(53,54)55)57-42(36-66-44-12-5-2-6-13-44)25-28-56-50(26-27-50)34-37-9-3-1-4-10-37/h1-6,9-10,12-13,15-24,33,42,56-57H,7-8,11,14,25-32,34-36H2,(H,58,61)/t42-/m1/s1. The molecular formula is C51H55ClF3N5O5S3. The van der Waals surface area contributed by atoms with Gasteiger partial charge in [-0.15, -0.1) is 11.8 Å². The number of alkyl halides is 3. The summed E-state index contributed by atoms with van der Waals surface area (Å²) >= 11 is 7.61. The van der Waals surface area contributed by atoms with Crippen LogP contribution in [0.5, 0.6) is 0 Å². The summed E-state index contributed by atoms with van der Waals surface area (Å²) in [7, 11) is -10.9. The molecule has 10 nitrogen and oxygen atoms in total. The molecule has 0 spiro atoms. The van der Waals surface area contributed by atoms with Crippen LogP contribution in [-0.2, 0) is 26.3 Å². The number of sulfone groups is 1. The lowest BCUT2D eigenvalue weighted by Crippen LogP contribution is -2.47. The summed E-state index contributed by atoms with van der Waals surface area (Å²) in [5, 5.41) is 7.37. The van der Waals surface area contributed by atoms with Crippen LogP contribution in [0.4, 0.5) is 24.5 Å². The quantitative estimate of drug-likeness (QED) is 0.0688. The lowest BCUT2D eigenvalue weighted by molar-refractivity contribution is -0.0435. The number of hydrogen-bond donors (Lipinski definition) is 3. The van der Waals surface area contributed by atoms with Gasteiger partial charge in [0.05, 0.1) is 10.6 Å². The fourth-order valence-electron chi connectivity index (χ4n) is 8.97. The largest absolute Gasteiger partial charge is 0.501 e. The molecule has 0 aromatic heterocycles. The topological polar surface area (TPSA) is 128 Å². The van der Waals surface area contributed by atoms with E-state index in [0.717, 1.165) is 92.6 Å². The number of nitrogens with one attached hydrogen (secondary N) is 3. The van der Waals surface area contributed by atoms with Gasteiger partial charge in [0, 0.05) is 71.2 Å². The summed E-state index contributed by atoms with van der Waals surface area (Å²) in [5.74, 6) is -0.661. The Kier molecular flexibility index (Phi) is 15.6. The fraction of sp³-hybridized carbons (Fsp3) is 0.353. The van der Waals surface area contributed by atoms with Crippen molar-refractivity contribution in [3.63, 3.8) is 0 Å². The SMILES string of the molecule is O=C(NS(=O)(=O)c1ccc(N[C@H](CCNC2(Cc3ccccc3)CC2)CSc2ccccc2)c(S(=O)(=O)C(F)(F)F)c1)c1ccc(N2CCN(CC3=C(c4ccc(Cl)cc4)CCCC3)CC2)cc1. The average Bonchev–Trinajstić information content (AvgIpc) is 4.10. The van der Waals surface area contributed by atoms with Crippen LogP contribution in [-0.4, -0.2) is 89.8 Å². The summed E-state index contributed by atoms with van der Waals surface area (Å²) in [6, 6.07) is 35.9. The highest BCUT2D eigenvalue weighted by Gasteiger charge is 2.49. The molecular weight excluding hydrogens is 951 g/mol. The maximum Gasteiger partial charge on any atom is 0.501 e. The number of sulfonamides is 1. The second-order valence-electron chi connectivity index (χ2n) is 17.8. The first kappa shape index (κ1) is 49.6. The molecule has 2 fully saturated rings. The molecule has 3 N–H and O–H groups in total. The predicted octanol–water partition coefficient (Wildman–Crippen LogP) is 10.2. The van der Waals surface area contributed by atoms with E-state index in [0.29, 0.717) is 24.8 Å². The number of anilines is 2. The van der Waals surface area contributed by atoms with Gasteiger partial charge < -0.3 is 15.5 Å². The van der Waals surface area contributed by atoms with Gasteiger partial charge in [0.25, 0.3) is 25.8 Å². The number of amides is 1. The Morgan fingerprint density at radius 3 is 2.12 bits per heavy atom. The van der Waals surface area contributed by atoms with E-state index < -0.39 is 52.8 Å². The fourth-order valence-corrected chi connectivity index (χ4v) is 12.1. The van der Waals surface area contributed by atoms with Gasteiger partial charge in [-0.3, -0.25) is 9.69 Å². The Morgan fingerprint density at radius 1 is 0.794 bits per heavy atom. The van der Waals surface area contributed by atoms with Gasteiger partial charge in [0.15, 0.2) is 0 Å². The molecule has 1 amide bonds. The van der Waals surface area contributed by atoms with Gasteiger partial charge in [0.2, 0.25) is 0 Å². The van der Waals surface area contributed by atoms with Crippen LogP contribution in [0.25, 0.3) is 5.57 Å². The zero-order valence-corrected chi connectivity index (χ0v) is 40.7. The second kappa shape index (κ2) is 21.4. The number of hydrogen-bond acceptors (Lipinski definition) is 10. The third kappa shape index (κ3) is 12.5. The molecule has 1 saturated carbocycles. The van der Waals surface area contributed by atoms with Crippen molar-refractivity contribution < 1.29 is 34.8 Å². The summed E-state index contributed by atoms with van der Waals surface area (Å²) in [6.07, 6.45) is 7.62. The Labute approximate surface area is 406 Å². The molecule has 0 bridgehead atoms. The third-order valence-corrected chi connectivity index (χ3v) is 17.2. The highest BCUT2D eigenvalue weighted by atomic mass is 35.5. The molecule has 5 aromatic carbocycles. The van der Waals surface area contributed by atoms with Crippen LogP contribution >= 0.6 is 23.4 Å². The molecule has 5 aromatic rings. The number of thioether (sulfide) groups is 1. The molecule has 8 rings (SSSR count). The molecule has 0 unspecified atom stereocenters. The van der Waals surface area contributed by atoms with E-state index in [9.17, 15) is 34.8 Å². The van der Waals surface area contributed by atoms with Gasteiger partial charge in [-0.05, 0) is 141 Å². The van der Waals surface area contributed by atoms with Crippen molar-refractivity contribution in [1.29, 1.82) is 0 Å². The van der Waals surface area contributed by atoms with Crippen molar-refractivity contribution in [3.05, 3.63) is 155 Å². The molecule has 1 atom stereocenters. The molecule has 1 saturated heterocycles. The average molecular weight is 1010 g/mol. The lowest BCUT2D eigenvalue weighted by atomic mass is 9.87. The number of rotatable bonds is 19. The molecule has 360 valence electrons. The molecule has 68 heavy (non-hydrogen) atoms. The Bertz CT molecular complexity index is 2790. The summed E-state index contributed by atoms with van der Waals surface area (Å²) in [5.41, 5.74) is -0.112. The summed E-state index contributed by atoms with van der Waals surface area (Å²) in [6.45, 7) is 4.54. The lowest BCUT2D eigenvalue weighted by Gasteiger charge is -2.37. The van der Waals surface area contributed by atoms with Crippen LogP contribution in [0, 0.1) is 0 Å². The van der Waals surface area contributed by atoms with Gasteiger partial charge >= 0.3 is 5.51 Å². The minimum atomic E-state index is -6.07. The number of carbonyl (C=O) groups is 1. The number of allylic oxidation sites excluding steroid dienone is 1. The van der Waals surface area contributed by atoms with E-state index in [2.05, 4.69) is 44.7 Å². The van der Waals surface area contributed by atoms with Gasteiger partial charge in [-0.2, -0.15) is 13.2 Å². The number of nitrogens with zero attached hydrogens (tertiary/aromatic N) is 2. The molecule has 17 heteroatoms. The van der Waals surface area contributed by atoms with Crippen LogP contribution in [0.3, 0.4) is 0 Å². The zero-order valence-electron chi connectivity index (χ0n) is 37.5. The van der Waals surface area contributed by atoms with Crippen LogP contribution in [0.2, 0.25) is 5.02 Å². The van der Waals surface area contributed by atoms with E-state index in [-0.39, 0.29) is 11.1 Å². The van der Waals surface area contributed by atoms with Crippen LogP contribution < -0.4 is 20.3 Å². The molecule has 0 radical (unpaired) electrons. The first-order valence-electron chi connectivity index (χ1n) is 22.9. The smallest absolute Gasteiger partial charge is 0.380 e. The second-order valence-corrected chi connectivity index (χ2v) is 22.9. The summed E-state index contributed by atoms with van der Waals surface area (Å²) < 4.78 is 98.4. The van der Waals surface area contributed by atoms with Crippen molar-refractivity contribution in [2.24, 2.45) is 0 Å².